The zero-order chi connectivity index (χ0) is 23.4. The molecule has 9 heteroatoms. The number of rotatable bonds is 7. The van der Waals surface area contributed by atoms with Crippen LogP contribution >= 0.6 is 11.3 Å². The van der Waals surface area contributed by atoms with Crippen LogP contribution in [0.15, 0.2) is 47.8 Å². The van der Waals surface area contributed by atoms with Crippen molar-refractivity contribution in [3.8, 4) is 0 Å². The fraction of sp³-hybridized carbons (Fsp3) is 0.333. The van der Waals surface area contributed by atoms with Crippen LogP contribution in [0.5, 0.6) is 0 Å². The van der Waals surface area contributed by atoms with Crippen molar-refractivity contribution < 1.29 is 18.3 Å². The van der Waals surface area contributed by atoms with Crippen LogP contribution in [0, 0.1) is 11.6 Å². The third-order valence-corrected chi connectivity index (χ3v) is 6.63. The molecular weight excluding hydrogens is 446 g/mol. The van der Waals surface area contributed by atoms with Gasteiger partial charge >= 0.3 is 0 Å². The molecule has 1 saturated heterocycles. The number of ether oxygens (including phenoxy) is 1. The van der Waals surface area contributed by atoms with Gasteiger partial charge in [-0.2, -0.15) is 0 Å². The van der Waals surface area contributed by atoms with Crippen LogP contribution in [-0.4, -0.2) is 50.8 Å². The molecule has 33 heavy (non-hydrogen) atoms. The quantitative estimate of drug-likeness (QED) is 0.544. The van der Waals surface area contributed by atoms with Gasteiger partial charge in [-0.05, 0) is 24.6 Å². The van der Waals surface area contributed by atoms with Gasteiger partial charge in [0.1, 0.15) is 17.2 Å². The number of piperazine rings is 1. The number of nitrogens with zero attached hydrogens (tertiary/aromatic N) is 2. The third kappa shape index (κ3) is 4.90. The molecule has 0 saturated carbocycles. The van der Waals surface area contributed by atoms with Crippen molar-refractivity contribution in [3.05, 3.63) is 76.3 Å². The molecule has 1 amide bonds. The van der Waals surface area contributed by atoms with E-state index in [4.69, 9.17) is 4.74 Å². The number of hydrogen-bond acceptors (Lipinski definition) is 6. The van der Waals surface area contributed by atoms with Crippen molar-refractivity contribution in [1.82, 2.24) is 10.3 Å². The predicted octanol–water partition coefficient (Wildman–Crippen LogP) is 4.04. The van der Waals surface area contributed by atoms with Crippen molar-refractivity contribution in [3.63, 3.8) is 0 Å². The molecule has 3 aromatic rings. The summed E-state index contributed by atoms with van der Waals surface area (Å²) in [6.07, 6.45) is 0. The molecule has 1 aliphatic rings. The summed E-state index contributed by atoms with van der Waals surface area (Å²) < 4.78 is 35.0. The lowest BCUT2D eigenvalue weighted by molar-refractivity contribution is 0.101. The molecule has 1 unspecified atom stereocenters. The molecule has 4 rings (SSSR count). The van der Waals surface area contributed by atoms with Crippen molar-refractivity contribution in [2.45, 2.75) is 12.3 Å². The van der Waals surface area contributed by atoms with Crippen molar-refractivity contribution in [2.24, 2.45) is 0 Å². The second kappa shape index (κ2) is 9.94. The number of amides is 1. The topological polar surface area (TPSA) is 66.5 Å². The van der Waals surface area contributed by atoms with Gasteiger partial charge in [0, 0.05) is 44.4 Å². The molecule has 0 aliphatic carbocycles. The molecule has 1 aliphatic heterocycles. The van der Waals surface area contributed by atoms with Gasteiger partial charge in [-0.3, -0.25) is 10.1 Å². The van der Waals surface area contributed by atoms with Gasteiger partial charge in [-0.25, -0.2) is 13.8 Å². The number of hydrogen-bond donors (Lipinski definition) is 2. The molecule has 0 bridgehead atoms. The average Bonchev–Trinajstić information content (AvgIpc) is 3.29. The van der Waals surface area contributed by atoms with Crippen molar-refractivity contribution >= 4 is 28.1 Å². The average molecular weight is 473 g/mol. The SMILES string of the molecule is COCC(C)(c1ccccc1)c1csc(NC(=O)c2c(F)cc(N3CCNCC3)cc2F)n1. The molecule has 1 aromatic heterocycles. The molecule has 2 N–H and O–H groups in total. The van der Waals surface area contributed by atoms with Gasteiger partial charge in [0.2, 0.25) is 0 Å². The zero-order valence-corrected chi connectivity index (χ0v) is 19.3. The van der Waals surface area contributed by atoms with E-state index in [9.17, 15) is 13.6 Å². The highest BCUT2D eigenvalue weighted by atomic mass is 32.1. The minimum absolute atomic E-state index is 0.262. The fourth-order valence-corrected chi connectivity index (χ4v) is 4.87. The Bertz CT molecular complexity index is 1100. The number of aromatic nitrogens is 1. The Kier molecular flexibility index (Phi) is 7.02. The van der Waals surface area contributed by atoms with E-state index < -0.39 is 28.5 Å². The van der Waals surface area contributed by atoms with Gasteiger partial charge in [-0.1, -0.05) is 30.3 Å². The lowest BCUT2D eigenvalue weighted by Gasteiger charge is -2.29. The number of methoxy groups -OCH3 is 1. The maximum atomic E-state index is 14.8. The molecule has 2 heterocycles. The summed E-state index contributed by atoms with van der Waals surface area (Å²) in [4.78, 5) is 19.2. The summed E-state index contributed by atoms with van der Waals surface area (Å²) in [5.41, 5.74) is 0.976. The first-order valence-electron chi connectivity index (χ1n) is 10.7. The van der Waals surface area contributed by atoms with E-state index in [1.165, 1.54) is 23.5 Å². The highest BCUT2D eigenvalue weighted by molar-refractivity contribution is 7.14. The maximum Gasteiger partial charge on any atom is 0.263 e. The second-order valence-electron chi connectivity index (χ2n) is 8.14. The normalized spacial score (nSPS) is 15.8. The molecule has 0 spiro atoms. The number of anilines is 2. The molecule has 1 atom stereocenters. The Morgan fingerprint density at radius 1 is 1.21 bits per heavy atom. The third-order valence-electron chi connectivity index (χ3n) is 5.87. The second-order valence-corrected chi connectivity index (χ2v) is 9.00. The smallest absolute Gasteiger partial charge is 0.263 e. The predicted molar refractivity (Wildman–Crippen MR) is 126 cm³/mol. The molecule has 0 radical (unpaired) electrons. The number of nitrogens with one attached hydrogen (secondary N) is 2. The van der Waals surface area contributed by atoms with Crippen LogP contribution in [0.25, 0.3) is 0 Å². The molecule has 1 fully saturated rings. The van der Waals surface area contributed by atoms with Gasteiger partial charge in [0.05, 0.1) is 17.7 Å². The van der Waals surface area contributed by atoms with Crippen LogP contribution in [-0.2, 0) is 10.2 Å². The number of carbonyl (C=O) groups is 1. The van der Waals surface area contributed by atoms with Gasteiger partial charge in [-0.15, -0.1) is 11.3 Å². The van der Waals surface area contributed by atoms with E-state index in [-0.39, 0.29) is 5.13 Å². The monoisotopic (exact) mass is 472 g/mol. The highest BCUT2D eigenvalue weighted by Gasteiger charge is 2.32. The Morgan fingerprint density at radius 3 is 2.52 bits per heavy atom. The van der Waals surface area contributed by atoms with Crippen LogP contribution in [0.4, 0.5) is 19.6 Å². The summed E-state index contributed by atoms with van der Waals surface area (Å²) in [5, 5.41) is 7.83. The lowest BCUT2D eigenvalue weighted by atomic mass is 9.81. The summed E-state index contributed by atoms with van der Waals surface area (Å²) >= 11 is 1.20. The lowest BCUT2D eigenvalue weighted by Crippen LogP contribution is -2.43. The van der Waals surface area contributed by atoms with Crippen LogP contribution in [0.3, 0.4) is 0 Å². The first-order valence-corrected chi connectivity index (χ1v) is 11.6. The molecular formula is C24H26F2N4O2S. The van der Waals surface area contributed by atoms with E-state index in [2.05, 4.69) is 15.6 Å². The van der Waals surface area contributed by atoms with Crippen LogP contribution in [0.2, 0.25) is 0 Å². The first kappa shape index (κ1) is 23.3. The van der Waals surface area contributed by atoms with Crippen molar-refractivity contribution in [1.29, 1.82) is 0 Å². The van der Waals surface area contributed by atoms with Crippen LogP contribution < -0.4 is 15.5 Å². The molecule has 2 aromatic carbocycles. The van der Waals surface area contributed by atoms with Crippen LogP contribution in [0.1, 0.15) is 28.5 Å². The number of benzene rings is 2. The Balaban J connectivity index is 1.55. The number of halogens is 2. The van der Waals surface area contributed by atoms with E-state index in [0.717, 1.165) is 18.7 Å². The van der Waals surface area contributed by atoms with Gasteiger partial charge in [0.15, 0.2) is 5.13 Å². The molecule has 174 valence electrons. The van der Waals surface area contributed by atoms with E-state index in [1.54, 1.807) is 7.11 Å². The highest BCUT2D eigenvalue weighted by Crippen LogP contribution is 2.34. The molecule has 6 nitrogen and oxygen atoms in total. The summed E-state index contributed by atoms with van der Waals surface area (Å²) in [7, 11) is 1.62. The number of thiazole rings is 1. The van der Waals surface area contributed by atoms with Crippen molar-refractivity contribution in [2.75, 3.05) is 50.1 Å². The minimum Gasteiger partial charge on any atom is -0.383 e. The van der Waals surface area contributed by atoms with E-state index in [0.29, 0.717) is 31.1 Å². The summed E-state index contributed by atoms with van der Waals surface area (Å²) in [5.74, 6) is -2.66. The Labute approximate surface area is 195 Å². The fourth-order valence-electron chi connectivity index (χ4n) is 4.03. The van der Waals surface area contributed by atoms with Gasteiger partial charge < -0.3 is 15.0 Å². The van der Waals surface area contributed by atoms with E-state index >= 15 is 0 Å². The summed E-state index contributed by atoms with van der Waals surface area (Å²) in [6, 6.07) is 12.2. The zero-order valence-electron chi connectivity index (χ0n) is 18.5. The van der Waals surface area contributed by atoms with Gasteiger partial charge in [0.25, 0.3) is 5.91 Å². The largest absolute Gasteiger partial charge is 0.383 e. The maximum absolute atomic E-state index is 14.8. The standard InChI is InChI=1S/C24H26F2N4O2S/c1-24(15-32-2,16-6-4-3-5-7-16)20-14-33-23(28-20)29-22(31)21-18(25)12-17(13-19(21)26)30-10-8-27-9-11-30/h3-7,12-14,27H,8-11,15H2,1-2H3,(H,28,29,31). The Hall–Kier alpha value is -2.88. The Morgan fingerprint density at radius 2 is 1.88 bits per heavy atom. The summed E-state index contributed by atoms with van der Waals surface area (Å²) in [6.45, 7) is 5.15. The minimum atomic E-state index is -0.897. The van der Waals surface area contributed by atoms with E-state index in [1.807, 2.05) is 47.5 Å². The number of carbonyl (C=O) groups excluding carboxylic acids is 1. The first-order chi connectivity index (χ1) is 15.9.